The summed E-state index contributed by atoms with van der Waals surface area (Å²) in [5, 5.41) is 4.36. The van der Waals surface area contributed by atoms with Gasteiger partial charge in [-0.3, -0.25) is 9.36 Å². The Bertz CT molecular complexity index is 872. The summed E-state index contributed by atoms with van der Waals surface area (Å²) in [6.07, 6.45) is 1.55. The zero-order valence-corrected chi connectivity index (χ0v) is 16.4. The van der Waals surface area contributed by atoms with Gasteiger partial charge in [-0.05, 0) is 50.2 Å². The first kappa shape index (κ1) is 20.7. The number of carbonyl (C=O) groups is 1. The summed E-state index contributed by atoms with van der Waals surface area (Å²) in [6.45, 7) is 4.38. The van der Waals surface area contributed by atoms with Crippen LogP contribution in [0.1, 0.15) is 29.0 Å². The first-order valence-electron chi connectivity index (χ1n) is 9.38. The van der Waals surface area contributed by atoms with Crippen LogP contribution in [-0.4, -0.2) is 51.3 Å². The molecule has 1 fully saturated rings. The maximum atomic E-state index is 13.0. The minimum Gasteiger partial charge on any atom is -0.372 e. The van der Waals surface area contributed by atoms with Crippen molar-refractivity contribution in [3.8, 4) is 0 Å². The van der Waals surface area contributed by atoms with Crippen LogP contribution in [0.15, 0.2) is 29.1 Å². The minimum atomic E-state index is -0.330. The molecule has 0 atom stereocenters. The summed E-state index contributed by atoms with van der Waals surface area (Å²) in [7, 11) is 0. The predicted molar refractivity (Wildman–Crippen MR) is 103 cm³/mol. The highest BCUT2D eigenvalue weighted by atomic mass is 35.5. The number of aromatic nitrogens is 3. The van der Waals surface area contributed by atoms with Crippen LogP contribution in [0.25, 0.3) is 0 Å². The number of carbonyl (C=O) groups excluding carboxylic acids is 1. The van der Waals surface area contributed by atoms with E-state index >= 15 is 0 Å². The summed E-state index contributed by atoms with van der Waals surface area (Å²) in [4.78, 5) is 27.1. The smallest absolute Gasteiger partial charge is 0.346 e. The Morgan fingerprint density at radius 3 is 2.54 bits per heavy atom. The van der Waals surface area contributed by atoms with Crippen molar-refractivity contribution in [2.24, 2.45) is 5.92 Å². The van der Waals surface area contributed by atoms with Crippen LogP contribution in [0.4, 0.5) is 4.39 Å². The number of hydrogen-bond acceptors (Lipinski definition) is 5. The first-order valence-corrected chi connectivity index (χ1v) is 9.38. The lowest BCUT2D eigenvalue weighted by molar-refractivity contribution is 0.0805. The molecular formula is C19H24ClFN4O3. The second-order valence-corrected chi connectivity index (χ2v) is 7.11. The van der Waals surface area contributed by atoms with Crippen molar-refractivity contribution in [2.75, 3.05) is 26.2 Å². The number of ether oxygens (including phenoxy) is 1. The number of halogens is 2. The van der Waals surface area contributed by atoms with Gasteiger partial charge in [-0.1, -0.05) is 0 Å². The highest BCUT2D eigenvalue weighted by Crippen LogP contribution is 2.22. The summed E-state index contributed by atoms with van der Waals surface area (Å²) >= 11 is 0. The van der Waals surface area contributed by atoms with Gasteiger partial charge in [0.2, 0.25) is 0 Å². The van der Waals surface area contributed by atoms with E-state index in [0.29, 0.717) is 37.7 Å². The second-order valence-electron chi connectivity index (χ2n) is 7.11. The number of rotatable bonds is 5. The third kappa shape index (κ3) is 4.34. The number of likely N-dealkylation sites (tertiary alicyclic amines) is 1. The van der Waals surface area contributed by atoms with Gasteiger partial charge in [-0.15, -0.1) is 12.4 Å². The molecule has 9 heteroatoms. The molecule has 28 heavy (non-hydrogen) atoms. The highest BCUT2D eigenvalue weighted by Gasteiger charge is 2.26. The van der Waals surface area contributed by atoms with E-state index in [-0.39, 0.29) is 35.6 Å². The second kappa shape index (κ2) is 8.98. The molecule has 0 radical (unpaired) electrons. The topological polar surface area (TPSA) is 69.4 Å². The monoisotopic (exact) mass is 410 g/mol. The van der Waals surface area contributed by atoms with E-state index < -0.39 is 0 Å². The van der Waals surface area contributed by atoms with Gasteiger partial charge >= 0.3 is 5.69 Å². The molecule has 3 heterocycles. The maximum absolute atomic E-state index is 13.0. The Balaban J connectivity index is 0.00000225. The van der Waals surface area contributed by atoms with E-state index in [4.69, 9.17) is 4.74 Å². The van der Waals surface area contributed by atoms with Gasteiger partial charge in [0, 0.05) is 18.0 Å². The molecule has 2 aliphatic rings. The number of hydrogen-bond donors (Lipinski definition) is 0. The molecule has 2 aromatic rings. The molecule has 2 aliphatic heterocycles. The van der Waals surface area contributed by atoms with Gasteiger partial charge in [0.25, 0.3) is 0 Å². The van der Waals surface area contributed by atoms with Crippen molar-refractivity contribution in [2.45, 2.75) is 32.5 Å². The van der Waals surface area contributed by atoms with Crippen molar-refractivity contribution >= 4 is 18.2 Å². The zero-order valence-electron chi connectivity index (χ0n) is 15.6. The fourth-order valence-electron chi connectivity index (χ4n) is 3.79. The standard InChI is InChI=1S/C19H23FN4O3.ClH/c20-16-3-1-14(2-4-16)18(25)15-5-7-22(8-6-15)9-10-24-19(26)23-11-12-27-13-17(23)21-24;/h1-4,15H,5-13H2;1H. The summed E-state index contributed by atoms with van der Waals surface area (Å²) in [6, 6.07) is 5.77. The van der Waals surface area contributed by atoms with Gasteiger partial charge < -0.3 is 9.64 Å². The summed E-state index contributed by atoms with van der Waals surface area (Å²) in [5.41, 5.74) is 0.502. The zero-order chi connectivity index (χ0) is 18.8. The number of nitrogens with zero attached hydrogens (tertiary/aromatic N) is 4. The molecule has 0 spiro atoms. The van der Waals surface area contributed by atoms with Crippen LogP contribution < -0.4 is 5.69 Å². The Morgan fingerprint density at radius 2 is 1.86 bits per heavy atom. The number of benzene rings is 1. The Hall–Kier alpha value is -2.03. The van der Waals surface area contributed by atoms with Crippen LogP contribution >= 0.6 is 12.4 Å². The fourth-order valence-corrected chi connectivity index (χ4v) is 3.79. The molecule has 1 aromatic carbocycles. The van der Waals surface area contributed by atoms with Crippen molar-refractivity contribution in [3.05, 3.63) is 52.0 Å². The third-order valence-electron chi connectivity index (χ3n) is 5.40. The molecule has 0 unspecified atom stereocenters. The van der Waals surface area contributed by atoms with E-state index in [9.17, 15) is 14.0 Å². The summed E-state index contributed by atoms with van der Waals surface area (Å²) in [5.74, 6) is 0.429. The molecule has 1 aromatic heterocycles. The lowest BCUT2D eigenvalue weighted by Gasteiger charge is -2.31. The van der Waals surface area contributed by atoms with Crippen molar-refractivity contribution < 1.29 is 13.9 Å². The van der Waals surface area contributed by atoms with Gasteiger partial charge in [-0.25, -0.2) is 13.9 Å². The van der Waals surface area contributed by atoms with E-state index in [2.05, 4.69) is 10.00 Å². The summed E-state index contributed by atoms with van der Waals surface area (Å²) < 4.78 is 21.5. The first-order chi connectivity index (χ1) is 13.1. The van der Waals surface area contributed by atoms with Crippen molar-refractivity contribution in [1.29, 1.82) is 0 Å². The minimum absolute atomic E-state index is 0. The molecule has 152 valence electrons. The maximum Gasteiger partial charge on any atom is 0.346 e. The van der Waals surface area contributed by atoms with E-state index in [1.807, 2.05) is 0 Å². The van der Waals surface area contributed by atoms with Gasteiger partial charge in [0.05, 0.1) is 19.7 Å². The SMILES string of the molecule is Cl.O=C(c1ccc(F)cc1)C1CCN(CCn2nc3n(c2=O)CCOC3)CC1. The lowest BCUT2D eigenvalue weighted by atomic mass is 9.89. The molecule has 0 N–H and O–H groups in total. The van der Waals surface area contributed by atoms with Gasteiger partial charge in [0.1, 0.15) is 12.4 Å². The van der Waals surface area contributed by atoms with Crippen molar-refractivity contribution in [1.82, 2.24) is 19.2 Å². The van der Waals surface area contributed by atoms with Crippen LogP contribution in [0.5, 0.6) is 0 Å². The Kier molecular flexibility index (Phi) is 6.64. The molecule has 4 rings (SSSR count). The molecule has 0 bridgehead atoms. The van der Waals surface area contributed by atoms with Crippen LogP contribution in [0.3, 0.4) is 0 Å². The Labute approximate surface area is 168 Å². The van der Waals surface area contributed by atoms with E-state index in [1.165, 1.54) is 16.8 Å². The largest absolute Gasteiger partial charge is 0.372 e. The van der Waals surface area contributed by atoms with Crippen molar-refractivity contribution in [3.63, 3.8) is 0 Å². The number of piperidine rings is 1. The average Bonchev–Trinajstić information content (AvgIpc) is 3.03. The molecule has 0 amide bonds. The van der Waals surface area contributed by atoms with Crippen LogP contribution in [-0.2, 0) is 24.4 Å². The molecule has 0 saturated carbocycles. The number of ketones is 1. The fraction of sp³-hybridized carbons (Fsp3) is 0.526. The lowest BCUT2D eigenvalue weighted by Crippen LogP contribution is -2.39. The highest BCUT2D eigenvalue weighted by molar-refractivity contribution is 5.97. The molecular weight excluding hydrogens is 387 g/mol. The third-order valence-corrected chi connectivity index (χ3v) is 5.40. The average molecular weight is 411 g/mol. The van der Waals surface area contributed by atoms with Crippen LogP contribution in [0.2, 0.25) is 0 Å². The van der Waals surface area contributed by atoms with Gasteiger partial charge in [-0.2, -0.15) is 5.10 Å². The number of Topliss-reactive ketones (excluding diaryl/α,β-unsaturated/α-hetero) is 1. The van der Waals surface area contributed by atoms with Gasteiger partial charge in [0.15, 0.2) is 11.6 Å². The van der Waals surface area contributed by atoms with E-state index in [1.54, 1.807) is 16.7 Å². The molecule has 0 aliphatic carbocycles. The van der Waals surface area contributed by atoms with Crippen LogP contribution in [0, 0.1) is 11.7 Å². The molecule has 1 saturated heterocycles. The van der Waals surface area contributed by atoms with E-state index in [0.717, 1.165) is 32.5 Å². The molecule has 7 nitrogen and oxygen atoms in total. The predicted octanol–water partition coefficient (Wildman–Crippen LogP) is 1.73. The normalized spacial score (nSPS) is 17.8. The Morgan fingerprint density at radius 1 is 1.14 bits per heavy atom. The quantitative estimate of drug-likeness (QED) is 0.702. The number of fused-ring (bicyclic) bond motifs is 1.